The van der Waals surface area contributed by atoms with Gasteiger partial charge in [-0.2, -0.15) is 0 Å². The average molecular weight is 352 g/mol. The number of carbonyl (C=O) groups excluding carboxylic acids is 2. The first-order valence-electron chi connectivity index (χ1n) is 7.35. The molecule has 0 aliphatic carbocycles. The highest BCUT2D eigenvalue weighted by Gasteiger charge is 2.10. The quantitative estimate of drug-likeness (QED) is 0.729. The monoisotopic (exact) mass is 351 g/mol. The Labute approximate surface area is 144 Å². The molecule has 0 saturated heterocycles. The van der Waals surface area contributed by atoms with E-state index in [0.29, 0.717) is 23.1 Å². The number of hydrogen-bond acceptors (Lipinski definition) is 4. The van der Waals surface area contributed by atoms with E-state index >= 15 is 0 Å². The van der Waals surface area contributed by atoms with Gasteiger partial charge in [0.1, 0.15) is 5.75 Å². The van der Waals surface area contributed by atoms with Crippen LogP contribution in [0.3, 0.4) is 0 Å². The fourth-order valence-corrected chi connectivity index (χ4v) is 3.02. The molecule has 23 heavy (non-hydrogen) atoms. The van der Waals surface area contributed by atoms with Crippen molar-refractivity contribution < 1.29 is 14.3 Å². The third-order valence-corrected chi connectivity index (χ3v) is 4.39. The van der Waals surface area contributed by atoms with Crippen LogP contribution < -0.4 is 10.1 Å². The summed E-state index contributed by atoms with van der Waals surface area (Å²) < 4.78 is 6.03. The van der Waals surface area contributed by atoms with Gasteiger partial charge in [-0.1, -0.05) is 11.6 Å². The van der Waals surface area contributed by atoms with Gasteiger partial charge < -0.3 is 10.1 Å². The molecule has 1 heterocycles. The molecule has 0 saturated carbocycles. The van der Waals surface area contributed by atoms with Crippen molar-refractivity contribution in [1.29, 1.82) is 0 Å². The van der Waals surface area contributed by atoms with Crippen molar-refractivity contribution in [3.05, 3.63) is 51.2 Å². The summed E-state index contributed by atoms with van der Waals surface area (Å²) in [7, 11) is 0. The molecule has 0 aliphatic heterocycles. The summed E-state index contributed by atoms with van der Waals surface area (Å²) in [5.74, 6) is 0.535. The zero-order valence-electron chi connectivity index (χ0n) is 12.8. The summed E-state index contributed by atoms with van der Waals surface area (Å²) >= 11 is 7.26. The lowest BCUT2D eigenvalue weighted by molar-refractivity contribution is -0.121. The zero-order valence-corrected chi connectivity index (χ0v) is 14.4. The second-order valence-corrected chi connectivity index (χ2v) is 6.66. The first-order valence-corrected chi connectivity index (χ1v) is 8.55. The zero-order chi connectivity index (χ0) is 16.7. The highest BCUT2D eigenvalue weighted by atomic mass is 35.5. The molecule has 0 atom stereocenters. The number of ketones is 1. The third-order valence-electron chi connectivity index (χ3n) is 3.16. The minimum absolute atomic E-state index is 0.0534. The van der Waals surface area contributed by atoms with Crippen molar-refractivity contribution in [2.45, 2.75) is 26.3 Å². The molecular formula is C17H18ClNO3S. The molecular weight excluding hydrogens is 334 g/mol. The van der Waals surface area contributed by atoms with Crippen LogP contribution in [0.1, 0.15) is 35.0 Å². The lowest BCUT2D eigenvalue weighted by atomic mass is 10.1. The smallest absolute Gasteiger partial charge is 0.220 e. The van der Waals surface area contributed by atoms with Crippen molar-refractivity contribution in [1.82, 2.24) is 5.32 Å². The Morgan fingerprint density at radius 1 is 1.13 bits per heavy atom. The number of Topliss-reactive ketones (excluding diaryl/α,β-unsaturated/α-hetero) is 1. The first-order chi connectivity index (χ1) is 11.1. The van der Waals surface area contributed by atoms with E-state index in [2.05, 4.69) is 5.32 Å². The molecule has 1 amide bonds. The maximum Gasteiger partial charge on any atom is 0.220 e. The number of benzene rings is 1. The average Bonchev–Trinajstić information content (AvgIpc) is 2.97. The number of halogens is 1. The van der Waals surface area contributed by atoms with Crippen LogP contribution in [0.2, 0.25) is 4.34 Å². The highest BCUT2D eigenvalue weighted by molar-refractivity contribution is 7.16. The van der Waals surface area contributed by atoms with Crippen LogP contribution in [0.15, 0.2) is 36.4 Å². The van der Waals surface area contributed by atoms with Crippen molar-refractivity contribution in [3.8, 4) is 5.75 Å². The van der Waals surface area contributed by atoms with Crippen molar-refractivity contribution in [3.63, 3.8) is 0 Å². The topological polar surface area (TPSA) is 55.4 Å². The Morgan fingerprint density at radius 2 is 1.87 bits per heavy atom. The van der Waals surface area contributed by atoms with Gasteiger partial charge in [-0.25, -0.2) is 0 Å². The predicted molar refractivity (Wildman–Crippen MR) is 92.4 cm³/mol. The van der Waals surface area contributed by atoms with E-state index in [0.717, 1.165) is 10.6 Å². The fourth-order valence-electron chi connectivity index (χ4n) is 2.00. The predicted octanol–water partition coefficient (Wildman–Crippen LogP) is 4.08. The van der Waals surface area contributed by atoms with Crippen molar-refractivity contribution in [2.24, 2.45) is 0 Å². The van der Waals surface area contributed by atoms with Crippen LogP contribution in [-0.4, -0.2) is 18.3 Å². The van der Waals surface area contributed by atoms with E-state index in [1.165, 1.54) is 11.3 Å². The molecule has 2 rings (SSSR count). The molecule has 0 fully saturated rings. The molecule has 2 aromatic rings. The number of amides is 1. The molecule has 6 heteroatoms. The highest BCUT2D eigenvalue weighted by Crippen LogP contribution is 2.21. The second-order valence-electron chi connectivity index (χ2n) is 4.86. The molecule has 0 spiro atoms. The summed E-state index contributed by atoms with van der Waals surface area (Å²) in [6, 6.07) is 10.6. The minimum Gasteiger partial charge on any atom is -0.494 e. The van der Waals surface area contributed by atoms with Gasteiger partial charge in [0, 0.05) is 23.3 Å². The SMILES string of the molecule is CCOc1ccc(C(=O)CCC(=O)NCc2ccc(Cl)s2)cc1. The molecule has 1 aromatic carbocycles. The molecule has 0 aliphatic rings. The number of thiophene rings is 1. The van der Waals surface area contributed by atoms with Crippen LogP contribution >= 0.6 is 22.9 Å². The summed E-state index contributed by atoms with van der Waals surface area (Å²) in [5.41, 5.74) is 0.589. The van der Waals surface area contributed by atoms with Crippen LogP contribution in [0.5, 0.6) is 5.75 Å². The Bertz CT molecular complexity index is 667. The van der Waals surface area contributed by atoms with Crippen LogP contribution in [0.4, 0.5) is 0 Å². The van der Waals surface area contributed by atoms with Gasteiger partial charge in [0.25, 0.3) is 0 Å². The Kier molecular flexibility index (Phi) is 6.62. The molecule has 0 bridgehead atoms. The van der Waals surface area contributed by atoms with Crippen LogP contribution in [0.25, 0.3) is 0 Å². The van der Waals surface area contributed by atoms with E-state index in [1.54, 1.807) is 30.3 Å². The van der Waals surface area contributed by atoms with Gasteiger partial charge >= 0.3 is 0 Å². The molecule has 1 N–H and O–H groups in total. The second kappa shape index (κ2) is 8.70. The number of carbonyl (C=O) groups is 2. The maximum absolute atomic E-state index is 12.1. The van der Waals surface area contributed by atoms with Gasteiger partial charge in [0.15, 0.2) is 5.78 Å². The minimum atomic E-state index is -0.145. The van der Waals surface area contributed by atoms with E-state index < -0.39 is 0 Å². The van der Waals surface area contributed by atoms with Crippen LogP contribution in [0, 0.1) is 0 Å². The van der Waals surface area contributed by atoms with Gasteiger partial charge in [0.2, 0.25) is 5.91 Å². The lowest BCUT2D eigenvalue weighted by Crippen LogP contribution is -2.22. The van der Waals surface area contributed by atoms with Gasteiger partial charge in [-0.05, 0) is 43.3 Å². The van der Waals surface area contributed by atoms with Gasteiger partial charge in [-0.15, -0.1) is 11.3 Å². The molecule has 0 unspecified atom stereocenters. The fraction of sp³-hybridized carbons (Fsp3) is 0.294. The van der Waals surface area contributed by atoms with E-state index in [-0.39, 0.29) is 24.5 Å². The number of nitrogens with one attached hydrogen (secondary N) is 1. The maximum atomic E-state index is 12.1. The number of hydrogen-bond donors (Lipinski definition) is 1. The van der Waals surface area contributed by atoms with E-state index in [9.17, 15) is 9.59 Å². The Hall–Kier alpha value is -1.85. The van der Waals surface area contributed by atoms with E-state index in [4.69, 9.17) is 16.3 Å². The summed E-state index contributed by atoms with van der Waals surface area (Å²) in [5, 5.41) is 2.79. The van der Waals surface area contributed by atoms with Gasteiger partial charge in [-0.3, -0.25) is 9.59 Å². The third kappa shape index (κ3) is 5.69. The summed E-state index contributed by atoms with van der Waals surface area (Å²) in [4.78, 5) is 24.8. The van der Waals surface area contributed by atoms with E-state index in [1.807, 2.05) is 13.0 Å². The Morgan fingerprint density at radius 3 is 2.48 bits per heavy atom. The van der Waals surface area contributed by atoms with Crippen molar-refractivity contribution in [2.75, 3.05) is 6.61 Å². The molecule has 0 radical (unpaired) electrons. The van der Waals surface area contributed by atoms with Gasteiger partial charge in [0.05, 0.1) is 17.5 Å². The van der Waals surface area contributed by atoms with Crippen molar-refractivity contribution >= 4 is 34.6 Å². The molecule has 122 valence electrons. The number of rotatable bonds is 8. The normalized spacial score (nSPS) is 10.3. The number of ether oxygens (including phenoxy) is 1. The summed E-state index contributed by atoms with van der Waals surface area (Å²) in [6.45, 7) is 2.93. The lowest BCUT2D eigenvalue weighted by Gasteiger charge is -2.05. The Balaban J connectivity index is 1.75. The van der Waals surface area contributed by atoms with Crippen LogP contribution in [-0.2, 0) is 11.3 Å². The summed E-state index contributed by atoms with van der Waals surface area (Å²) in [6.07, 6.45) is 0.357. The molecule has 4 nitrogen and oxygen atoms in total. The first kappa shape index (κ1) is 17.5. The largest absolute Gasteiger partial charge is 0.494 e. The molecule has 1 aromatic heterocycles. The standard InChI is InChI=1S/C17H18ClNO3S/c1-2-22-13-5-3-12(4-6-13)15(20)8-10-17(21)19-11-14-7-9-16(18)23-14/h3-7,9H,2,8,10-11H2,1H3,(H,19,21).